The third-order valence-electron chi connectivity index (χ3n) is 5.55. The molecule has 0 bridgehead atoms. The largest absolute Gasteiger partial charge is 0.377 e. The summed E-state index contributed by atoms with van der Waals surface area (Å²) in [5.41, 5.74) is 6.35. The lowest BCUT2D eigenvalue weighted by Crippen LogP contribution is -2.59. The van der Waals surface area contributed by atoms with Crippen molar-refractivity contribution in [3.63, 3.8) is 0 Å². The van der Waals surface area contributed by atoms with Gasteiger partial charge in [0.15, 0.2) is 0 Å². The molecule has 1 aliphatic carbocycles. The first-order chi connectivity index (χ1) is 9.07. The second kappa shape index (κ2) is 6.08. The minimum absolute atomic E-state index is 0.149. The van der Waals surface area contributed by atoms with E-state index in [4.69, 9.17) is 15.2 Å². The number of hydrogen-bond donors (Lipinski definition) is 1. The lowest BCUT2D eigenvalue weighted by atomic mass is 9.69. The summed E-state index contributed by atoms with van der Waals surface area (Å²) in [4.78, 5) is 2.55. The molecule has 4 heteroatoms. The SMILES string of the molecule is COC1CN(C2(CN)CCC(C)CC2C)CC1OC. The van der Waals surface area contributed by atoms with Crippen molar-refractivity contribution in [2.45, 2.75) is 50.9 Å². The van der Waals surface area contributed by atoms with E-state index in [9.17, 15) is 0 Å². The van der Waals surface area contributed by atoms with E-state index in [1.165, 1.54) is 19.3 Å². The van der Waals surface area contributed by atoms with Crippen LogP contribution in [0, 0.1) is 11.8 Å². The van der Waals surface area contributed by atoms with Gasteiger partial charge in [-0.25, -0.2) is 0 Å². The van der Waals surface area contributed by atoms with Gasteiger partial charge in [0.1, 0.15) is 0 Å². The maximum Gasteiger partial charge on any atom is 0.0972 e. The van der Waals surface area contributed by atoms with Gasteiger partial charge in [-0.1, -0.05) is 13.8 Å². The fourth-order valence-corrected chi connectivity index (χ4v) is 4.15. The van der Waals surface area contributed by atoms with Crippen molar-refractivity contribution in [1.82, 2.24) is 4.90 Å². The molecule has 2 N–H and O–H groups in total. The molecular formula is C15H30N2O2. The molecule has 2 rings (SSSR count). The Morgan fingerprint density at radius 2 is 1.74 bits per heavy atom. The first-order valence-corrected chi connectivity index (χ1v) is 7.58. The molecule has 5 unspecified atom stereocenters. The molecule has 0 aromatic rings. The maximum atomic E-state index is 6.20. The van der Waals surface area contributed by atoms with Crippen LogP contribution in [0.2, 0.25) is 0 Å². The van der Waals surface area contributed by atoms with Gasteiger partial charge >= 0.3 is 0 Å². The van der Waals surface area contributed by atoms with Gasteiger partial charge in [-0.15, -0.1) is 0 Å². The Labute approximate surface area is 117 Å². The highest BCUT2D eigenvalue weighted by atomic mass is 16.5. The maximum absolute atomic E-state index is 6.20. The van der Waals surface area contributed by atoms with Crippen LogP contribution in [0.15, 0.2) is 0 Å². The summed E-state index contributed by atoms with van der Waals surface area (Å²) in [6.45, 7) is 7.37. The number of likely N-dealkylation sites (tertiary alicyclic amines) is 1. The standard InChI is InChI=1S/C15H30N2O2/c1-11-5-6-15(10-16,12(2)7-11)17-8-13(18-3)14(9-17)19-4/h11-14H,5-10,16H2,1-4H3. The fraction of sp³-hybridized carbons (Fsp3) is 1.00. The Hall–Kier alpha value is -0.160. The van der Waals surface area contributed by atoms with Gasteiger partial charge in [0.25, 0.3) is 0 Å². The van der Waals surface area contributed by atoms with Crippen molar-refractivity contribution < 1.29 is 9.47 Å². The number of nitrogens with two attached hydrogens (primary N) is 1. The number of nitrogens with zero attached hydrogens (tertiary/aromatic N) is 1. The van der Waals surface area contributed by atoms with Crippen LogP contribution >= 0.6 is 0 Å². The van der Waals surface area contributed by atoms with Gasteiger partial charge in [-0.05, 0) is 31.1 Å². The molecule has 4 nitrogen and oxygen atoms in total. The van der Waals surface area contributed by atoms with E-state index in [-0.39, 0.29) is 17.7 Å². The van der Waals surface area contributed by atoms with E-state index < -0.39 is 0 Å². The van der Waals surface area contributed by atoms with Crippen LogP contribution in [-0.4, -0.2) is 56.5 Å². The molecule has 1 aliphatic heterocycles. The molecule has 19 heavy (non-hydrogen) atoms. The van der Waals surface area contributed by atoms with Gasteiger partial charge in [0.05, 0.1) is 12.2 Å². The van der Waals surface area contributed by atoms with Crippen LogP contribution < -0.4 is 5.73 Å². The zero-order valence-corrected chi connectivity index (χ0v) is 12.9. The normalized spacial score (nSPS) is 44.7. The van der Waals surface area contributed by atoms with Crippen LogP contribution in [0.1, 0.15) is 33.1 Å². The highest BCUT2D eigenvalue weighted by Crippen LogP contribution is 2.42. The molecule has 1 saturated heterocycles. The summed E-state index contributed by atoms with van der Waals surface area (Å²) in [6, 6.07) is 0. The highest BCUT2D eigenvalue weighted by molar-refractivity contribution is 5.04. The summed E-state index contributed by atoms with van der Waals surface area (Å²) in [6.07, 6.45) is 4.13. The van der Waals surface area contributed by atoms with Gasteiger partial charge in [-0.3, -0.25) is 4.90 Å². The molecule has 0 aromatic carbocycles. The Bertz CT molecular complexity index is 288. The Kier molecular flexibility index (Phi) is 4.88. The van der Waals surface area contributed by atoms with E-state index in [0.717, 1.165) is 25.6 Å². The number of methoxy groups -OCH3 is 2. The van der Waals surface area contributed by atoms with Crippen molar-refractivity contribution >= 4 is 0 Å². The number of hydrogen-bond acceptors (Lipinski definition) is 4. The Morgan fingerprint density at radius 3 is 2.16 bits per heavy atom. The molecule has 1 heterocycles. The molecule has 0 aromatic heterocycles. The second-order valence-electron chi connectivity index (χ2n) is 6.54. The van der Waals surface area contributed by atoms with Crippen molar-refractivity contribution in [2.75, 3.05) is 33.9 Å². The monoisotopic (exact) mass is 270 g/mol. The summed E-state index contributed by atoms with van der Waals surface area (Å²) < 4.78 is 11.1. The van der Waals surface area contributed by atoms with E-state index in [0.29, 0.717) is 5.92 Å². The minimum atomic E-state index is 0.149. The topological polar surface area (TPSA) is 47.7 Å². The molecule has 1 saturated carbocycles. The zero-order chi connectivity index (χ0) is 14.0. The summed E-state index contributed by atoms with van der Waals surface area (Å²) in [5, 5.41) is 0. The van der Waals surface area contributed by atoms with E-state index >= 15 is 0 Å². The van der Waals surface area contributed by atoms with Crippen molar-refractivity contribution in [3.05, 3.63) is 0 Å². The van der Waals surface area contributed by atoms with Crippen LogP contribution in [0.4, 0.5) is 0 Å². The first-order valence-electron chi connectivity index (χ1n) is 7.58. The van der Waals surface area contributed by atoms with E-state index in [1.54, 1.807) is 14.2 Å². The van der Waals surface area contributed by atoms with Gasteiger partial charge in [0.2, 0.25) is 0 Å². The number of rotatable bonds is 4. The van der Waals surface area contributed by atoms with Crippen LogP contribution in [-0.2, 0) is 9.47 Å². The van der Waals surface area contributed by atoms with Gasteiger partial charge in [0, 0.05) is 39.4 Å². The van der Waals surface area contributed by atoms with Crippen molar-refractivity contribution in [1.29, 1.82) is 0 Å². The van der Waals surface area contributed by atoms with Crippen LogP contribution in [0.3, 0.4) is 0 Å². The Morgan fingerprint density at radius 1 is 1.16 bits per heavy atom. The predicted octanol–water partition coefficient (Wildman–Crippen LogP) is 1.49. The van der Waals surface area contributed by atoms with E-state index in [1.807, 2.05) is 0 Å². The molecule has 5 atom stereocenters. The molecular weight excluding hydrogens is 240 g/mol. The van der Waals surface area contributed by atoms with Crippen molar-refractivity contribution in [2.24, 2.45) is 17.6 Å². The quantitative estimate of drug-likeness (QED) is 0.841. The average Bonchev–Trinajstić information content (AvgIpc) is 2.83. The molecule has 2 aliphatic rings. The third kappa shape index (κ3) is 2.68. The molecule has 0 amide bonds. The molecule has 112 valence electrons. The average molecular weight is 270 g/mol. The lowest BCUT2D eigenvalue weighted by molar-refractivity contribution is -0.00461. The first kappa shape index (κ1) is 15.2. The summed E-state index contributed by atoms with van der Waals surface area (Å²) in [7, 11) is 3.56. The summed E-state index contributed by atoms with van der Waals surface area (Å²) >= 11 is 0. The lowest BCUT2D eigenvalue weighted by Gasteiger charge is -2.50. The van der Waals surface area contributed by atoms with Crippen LogP contribution in [0.5, 0.6) is 0 Å². The number of ether oxygens (including phenoxy) is 2. The summed E-state index contributed by atoms with van der Waals surface area (Å²) in [5.74, 6) is 1.48. The highest BCUT2D eigenvalue weighted by Gasteiger charge is 2.48. The van der Waals surface area contributed by atoms with Gasteiger partial charge < -0.3 is 15.2 Å². The fourth-order valence-electron chi connectivity index (χ4n) is 4.15. The van der Waals surface area contributed by atoms with Crippen molar-refractivity contribution in [3.8, 4) is 0 Å². The smallest absolute Gasteiger partial charge is 0.0972 e. The van der Waals surface area contributed by atoms with E-state index in [2.05, 4.69) is 18.7 Å². The molecule has 2 fully saturated rings. The second-order valence-corrected chi connectivity index (χ2v) is 6.54. The predicted molar refractivity (Wildman–Crippen MR) is 77.1 cm³/mol. The van der Waals surface area contributed by atoms with Gasteiger partial charge in [-0.2, -0.15) is 0 Å². The molecule has 0 radical (unpaired) electrons. The zero-order valence-electron chi connectivity index (χ0n) is 12.9. The van der Waals surface area contributed by atoms with Crippen LogP contribution in [0.25, 0.3) is 0 Å². The minimum Gasteiger partial charge on any atom is -0.377 e. The molecule has 0 spiro atoms. The Balaban J connectivity index is 2.14. The third-order valence-corrected chi connectivity index (χ3v) is 5.55.